The van der Waals surface area contributed by atoms with Crippen LogP contribution in [0, 0.1) is 0 Å². The number of anilines is 1. The monoisotopic (exact) mass is 460 g/mol. The zero-order valence-electron chi connectivity index (χ0n) is 19.9. The van der Waals surface area contributed by atoms with Crippen LogP contribution in [-0.4, -0.2) is 38.1 Å². The molecule has 1 amide bonds. The quantitative estimate of drug-likeness (QED) is 0.456. The Bertz CT molecular complexity index is 1070. The first-order valence-electron chi connectivity index (χ1n) is 11.7. The number of carbonyl (C=O) groups is 1. The standard InChI is InChI=1S/C28H32N2O4/c1-32-25-17-23(18-26(33-2)27(25)34-20-21-10-5-3-6-11-21)28(31)29-24-13-9-12-22(16-24)19-30-14-7-4-8-15-30/h3,5-6,9-13,16-18H,4,7-8,14-15,19-20H2,1-2H3,(H,29,31). The molecule has 6 nitrogen and oxygen atoms in total. The van der Waals surface area contributed by atoms with Gasteiger partial charge in [-0.25, -0.2) is 0 Å². The maximum atomic E-state index is 13.1. The van der Waals surface area contributed by atoms with Crippen LogP contribution in [-0.2, 0) is 13.2 Å². The maximum Gasteiger partial charge on any atom is 0.255 e. The molecule has 3 aromatic rings. The van der Waals surface area contributed by atoms with Crippen molar-refractivity contribution in [3.8, 4) is 17.2 Å². The van der Waals surface area contributed by atoms with Gasteiger partial charge in [-0.15, -0.1) is 0 Å². The highest BCUT2D eigenvalue weighted by Crippen LogP contribution is 2.39. The van der Waals surface area contributed by atoms with Gasteiger partial charge in [-0.3, -0.25) is 9.69 Å². The first-order valence-corrected chi connectivity index (χ1v) is 11.7. The molecule has 0 aromatic heterocycles. The lowest BCUT2D eigenvalue weighted by atomic mass is 10.1. The molecular weight excluding hydrogens is 428 g/mol. The second-order valence-electron chi connectivity index (χ2n) is 8.48. The second kappa shape index (κ2) is 11.6. The molecule has 3 aromatic carbocycles. The predicted molar refractivity (Wildman–Crippen MR) is 134 cm³/mol. The molecule has 0 unspecified atom stereocenters. The highest BCUT2D eigenvalue weighted by molar-refractivity contribution is 6.05. The molecule has 1 aliphatic heterocycles. The van der Waals surface area contributed by atoms with Crippen LogP contribution in [0.4, 0.5) is 5.69 Å². The summed E-state index contributed by atoms with van der Waals surface area (Å²) in [6.45, 7) is 3.53. The molecule has 0 radical (unpaired) electrons. The molecule has 1 saturated heterocycles. The summed E-state index contributed by atoms with van der Waals surface area (Å²) in [4.78, 5) is 15.5. The van der Waals surface area contributed by atoms with Crippen LogP contribution >= 0.6 is 0 Å². The van der Waals surface area contributed by atoms with E-state index < -0.39 is 0 Å². The van der Waals surface area contributed by atoms with E-state index in [-0.39, 0.29) is 5.91 Å². The van der Waals surface area contributed by atoms with E-state index in [1.807, 2.05) is 48.5 Å². The molecule has 0 saturated carbocycles. The first kappa shape index (κ1) is 23.6. The minimum absolute atomic E-state index is 0.235. The molecular formula is C28H32N2O4. The fourth-order valence-corrected chi connectivity index (χ4v) is 4.21. The number of piperidine rings is 1. The Balaban J connectivity index is 1.48. The number of nitrogens with one attached hydrogen (secondary N) is 1. The Kier molecular flexibility index (Phi) is 8.04. The number of ether oxygens (including phenoxy) is 3. The highest BCUT2D eigenvalue weighted by atomic mass is 16.5. The maximum absolute atomic E-state index is 13.1. The minimum Gasteiger partial charge on any atom is -0.493 e. The smallest absolute Gasteiger partial charge is 0.255 e. The largest absolute Gasteiger partial charge is 0.493 e. The molecule has 6 heteroatoms. The van der Waals surface area contributed by atoms with Gasteiger partial charge in [0.25, 0.3) is 5.91 Å². The van der Waals surface area contributed by atoms with Crippen LogP contribution in [0.25, 0.3) is 0 Å². The van der Waals surface area contributed by atoms with Crippen LogP contribution in [0.5, 0.6) is 17.2 Å². The lowest BCUT2D eigenvalue weighted by Gasteiger charge is -2.26. The van der Waals surface area contributed by atoms with E-state index >= 15 is 0 Å². The van der Waals surface area contributed by atoms with Gasteiger partial charge in [0.2, 0.25) is 5.75 Å². The summed E-state index contributed by atoms with van der Waals surface area (Å²) in [6.07, 6.45) is 3.83. The van der Waals surface area contributed by atoms with E-state index in [0.717, 1.165) is 30.9 Å². The van der Waals surface area contributed by atoms with Crippen molar-refractivity contribution in [2.75, 3.05) is 32.6 Å². The van der Waals surface area contributed by atoms with Gasteiger partial charge in [0.05, 0.1) is 14.2 Å². The Hall–Kier alpha value is -3.51. The average Bonchev–Trinajstić information content (AvgIpc) is 2.88. The summed E-state index contributed by atoms with van der Waals surface area (Å²) in [7, 11) is 3.10. The number of likely N-dealkylation sites (tertiary alicyclic amines) is 1. The lowest BCUT2D eigenvalue weighted by Crippen LogP contribution is -2.29. The van der Waals surface area contributed by atoms with Crippen molar-refractivity contribution in [2.24, 2.45) is 0 Å². The summed E-state index contributed by atoms with van der Waals surface area (Å²) < 4.78 is 17.1. The van der Waals surface area contributed by atoms with Crippen molar-refractivity contribution in [2.45, 2.75) is 32.4 Å². The molecule has 0 atom stereocenters. The Morgan fingerprint density at radius 3 is 2.21 bits per heavy atom. The van der Waals surface area contributed by atoms with E-state index in [9.17, 15) is 4.79 Å². The predicted octanol–water partition coefficient (Wildman–Crippen LogP) is 5.52. The number of rotatable bonds is 9. The topological polar surface area (TPSA) is 60.0 Å². The zero-order valence-corrected chi connectivity index (χ0v) is 19.9. The van der Waals surface area contributed by atoms with Gasteiger partial charge in [-0.2, -0.15) is 0 Å². The molecule has 1 fully saturated rings. The second-order valence-corrected chi connectivity index (χ2v) is 8.48. The van der Waals surface area contributed by atoms with Crippen LogP contribution in [0.15, 0.2) is 66.7 Å². The fourth-order valence-electron chi connectivity index (χ4n) is 4.21. The molecule has 0 spiro atoms. The third-order valence-electron chi connectivity index (χ3n) is 5.99. The van der Waals surface area contributed by atoms with Gasteiger partial charge >= 0.3 is 0 Å². The normalized spacial score (nSPS) is 13.8. The van der Waals surface area contributed by atoms with Crippen molar-refractivity contribution < 1.29 is 19.0 Å². The van der Waals surface area contributed by atoms with Gasteiger partial charge in [-0.05, 0) is 61.3 Å². The number of methoxy groups -OCH3 is 2. The lowest BCUT2D eigenvalue weighted by molar-refractivity contribution is 0.102. The van der Waals surface area contributed by atoms with E-state index in [0.29, 0.717) is 29.4 Å². The molecule has 4 rings (SSSR count). The van der Waals surface area contributed by atoms with Crippen molar-refractivity contribution in [3.63, 3.8) is 0 Å². The number of carbonyl (C=O) groups excluding carboxylic acids is 1. The van der Waals surface area contributed by atoms with Crippen LogP contribution < -0.4 is 19.5 Å². The van der Waals surface area contributed by atoms with E-state index in [1.165, 1.54) is 24.8 Å². The van der Waals surface area contributed by atoms with Gasteiger partial charge in [0.1, 0.15) is 6.61 Å². The van der Waals surface area contributed by atoms with Crippen LogP contribution in [0.3, 0.4) is 0 Å². The molecule has 34 heavy (non-hydrogen) atoms. The highest BCUT2D eigenvalue weighted by Gasteiger charge is 2.18. The summed E-state index contributed by atoms with van der Waals surface area (Å²) in [6, 6.07) is 21.2. The van der Waals surface area contributed by atoms with Gasteiger partial charge in [-0.1, -0.05) is 48.9 Å². The van der Waals surface area contributed by atoms with Crippen LogP contribution in [0.2, 0.25) is 0 Å². The molecule has 1 N–H and O–H groups in total. The average molecular weight is 461 g/mol. The molecule has 0 aliphatic carbocycles. The van der Waals surface area contributed by atoms with Crippen molar-refractivity contribution in [1.82, 2.24) is 4.90 Å². The number of hydrogen-bond donors (Lipinski definition) is 1. The van der Waals surface area contributed by atoms with Crippen molar-refractivity contribution in [3.05, 3.63) is 83.4 Å². The number of nitrogens with zero attached hydrogens (tertiary/aromatic N) is 1. The van der Waals surface area contributed by atoms with Gasteiger partial charge in [0, 0.05) is 17.8 Å². The minimum atomic E-state index is -0.235. The SMILES string of the molecule is COc1cc(C(=O)Nc2cccc(CN3CCCCC3)c2)cc(OC)c1OCc1ccccc1. The Morgan fingerprint density at radius 2 is 1.53 bits per heavy atom. The first-order chi connectivity index (χ1) is 16.7. The van der Waals surface area contributed by atoms with Gasteiger partial charge < -0.3 is 19.5 Å². The number of amides is 1. The summed E-state index contributed by atoms with van der Waals surface area (Å²) in [5.74, 6) is 1.12. The Labute approximate surface area is 201 Å². The summed E-state index contributed by atoms with van der Waals surface area (Å²) in [5.41, 5.74) is 3.42. The number of benzene rings is 3. The third-order valence-corrected chi connectivity index (χ3v) is 5.99. The Morgan fingerprint density at radius 1 is 0.853 bits per heavy atom. The molecule has 1 aliphatic rings. The molecule has 1 heterocycles. The summed E-state index contributed by atoms with van der Waals surface area (Å²) in [5, 5.41) is 3.01. The fraction of sp³-hybridized carbons (Fsp3) is 0.321. The third kappa shape index (κ3) is 6.08. The summed E-state index contributed by atoms with van der Waals surface area (Å²) >= 11 is 0. The van der Waals surface area contributed by atoms with Gasteiger partial charge in [0.15, 0.2) is 11.5 Å². The van der Waals surface area contributed by atoms with Crippen LogP contribution in [0.1, 0.15) is 40.7 Å². The molecule has 178 valence electrons. The van der Waals surface area contributed by atoms with Crippen molar-refractivity contribution in [1.29, 1.82) is 0 Å². The molecule has 0 bridgehead atoms. The van der Waals surface area contributed by atoms with Crippen molar-refractivity contribution >= 4 is 11.6 Å². The number of hydrogen-bond acceptors (Lipinski definition) is 5. The zero-order chi connectivity index (χ0) is 23.8. The van der Waals surface area contributed by atoms with E-state index in [1.54, 1.807) is 26.4 Å². The van der Waals surface area contributed by atoms with E-state index in [4.69, 9.17) is 14.2 Å². The van der Waals surface area contributed by atoms with E-state index in [2.05, 4.69) is 16.3 Å².